The van der Waals surface area contributed by atoms with Gasteiger partial charge in [-0.2, -0.15) is 0 Å². The Morgan fingerprint density at radius 2 is 2.00 bits per heavy atom. The minimum atomic E-state index is 0.210. The highest BCUT2D eigenvalue weighted by atomic mass is 16.5. The number of nitrogens with one attached hydrogen (secondary N) is 1. The van der Waals surface area contributed by atoms with Crippen LogP contribution in [-0.2, 0) is 4.74 Å². The highest BCUT2D eigenvalue weighted by molar-refractivity contribution is 5.98. The van der Waals surface area contributed by atoms with E-state index in [0.717, 1.165) is 59.5 Å². The van der Waals surface area contributed by atoms with E-state index < -0.39 is 0 Å². The lowest BCUT2D eigenvalue weighted by Gasteiger charge is -2.17. The van der Waals surface area contributed by atoms with E-state index in [2.05, 4.69) is 44.5 Å². The molecule has 1 aliphatic heterocycles. The molecule has 3 N–H and O–H groups in total. The number of pyridine rings is 1. The van der Waals surface area contributed by atoms with Crippen molar-refractivity contribution >= 4 is 22.4 Å². The zero-order valence-corrected chi connectivity index (χ0v) is 17.9. The summed E-state index contributed by atoms with van der Waals surface area (Å²) >= 11 is 0. The van der Waals surface area contributed by atoms with Crippen molar-refractivity contribution in [2.75, 3.05) is 30.8 Å². The molecule has 1 atom stereocenters. The Balaban J connectivity index is 1.51. The van der Waals surface area contributed by atoms with Crippen LogP contribution in [0.1, 0.15) is 12.0 Å². The quantitative estimate of drug-likeness (QED) is 0.455. The minimum absolute atomic E-state index is 0.210. The van der Waals surface area contributed by atoms with Crippen molar-refractivity contribution in [3.63, 3.8) is 0 Å². The SMILES string of the molecule is Cc1ccc2c(NC[C@@H]3CCOC3)cccc2c1Oc1ncccc1-c1ccnc(N)n1. The van der Waals surface area contributed by atoms with E-state index in [0.29, 0.717) is 17.5 Å². The monoisotopic (exact) mass is 427 g/mol. The van der Waals surface area contributed by atoms with Crippen LogP contribution < -0.4 is 15.8 Å². The highest BCUT2D eigenvalue weighted by Gasteiger charge is 2.17. The Morgan fingerprint density at radius 3 is 2.84 bits per heavy atom. The average Bonchev–Trinajstić information content (AvgIpc) is 3.33. The van der Waals surface area contributed by atoms with Crippen LogP contribution >= 0.6 is 0 Å². The third-order valence-corrected chi connectivity index (χ3v) is 5.73. The number of nitrogen functional groups attached to an aromatic ring is 1. The number of hydrogen-bond acceptors (Lipinski definition) is 7. The molecule has 7 nitrogen and oxygen atoms in total. The maximum absolute atomic E-state index is 6.42. The Kier molecular flexibility index (Phi) is 5.56. The standard InChI is InChI=1S/C25H25N5O2/c1-16-7-8-18-19(4-2-6-21(18)29-14-17-10-13-31-15-17)23(16)32-24-20(5-3-11-27-24)22-9-12-28-25(26)30-22/h2-9,11-12,17,29H,10,13-15H2,1H3,(H2,26,28,30)/t17-/m0/s1. The molecule has 32 heavy (non-hydrogen) atoms. The molecule has 2 aromatic heterocycles. The molecule has 1 aliphatic rings. The van der Waals surface area contributed by atoms with Gasteiger partial charge in [-0.15, -0.1) is 0 Å². The molecule has 4 aromatic rings. The zero-order chi connectivity index (χ0) is 21.9. The van der Waals surface area contributed by atoms with Crippen LogP contribution in [-0.4, -0.2) is 34.7 Å². The van der Waals surface area contributed by atoms with Crippen molar-refractivity contribution in [1.82, 2.24) is 15.0 Å². The molecule has 1 fully saturated rings. The number of nitrogens with two attached hydrogens (primary N) is 1. The van der Waals surface area contributed by atoms with Crippen molar-refractivity contribution in [1.29, 1.82) is 0 Å². The lowest BCUT2D eigenvalue weighted by atomic mass is 10.0. The molecular weight excluding hydrogens is 402 g/mol. The summed E-state index contributed by atoms with van der Waals surface area (Å²) in [6, 6.07) is 16.0. The summed E-state index contributed by atoms with van der Waals surface area (Å²) in [4.78, 5) is 12.8. The summed E-state index contributed by atoms with van der Waals surface area (Å²) in [5, 5.41) is 5.73. The second kappa shape index (κ2) is 8.80. The van der Waals surface area contributed by atoms with E-state index in [9.17, 15) is 0 Å². The highest BCUT2D eigenvalue weighted by Crippen LogP contribution is 2.38. The van der Waals surface area contributed by atoms with Crippen molar-refractivity contribution < 1.29 is 9.47 Å². The summed E-state index contributed by atoms with van der Waals surface area (Å²) in [5.74, 6) is 2.00. The fourth-order valence-corrected chi connectivity index (χ4v) is 4.01. The van der Waals surface area contributed by atoms with Crippen LogP contribution in [0.4, 0.5) is 11.6 Å². The Morgan fingerprint density at radius 1 is 1.06 bits per heavy atom. The molecule has 0 unspecified atom stereocenters. The van der Waals surface area contributed by atoms with E-state index in [1.807, 2.05) is 25.1 Å². The minimum Gasteiger partial charge on any atom is -0.437 e. The predicted molar refractivity (Wildman–Crippen MR) is 126 cm³/mol. The number of ether oxygens (including phenoxy) is 2. The molecule has 0 amide bonds. The fourth-order valence-electron chi connectivity index (χ4n) is 4.01. The van der Waals surface area contributed by atoms with Crippen LogP contribution in [0.5, 0.6) is 11.6 Å². The van der Waals surface area contributed by atoms with Gasteiger partial charge in [0.05, 0.1) is 17.9 Å². The summed E-state index contributed by atoms with van der Waals surface area (Å²) in [6.45, 7) is 4.60. The first-order valence-corrected chi connectivity index (χ1v) is 10.7. The number of benzene rings is 2. The number of aromatic nitrogens is 3. The lowest BCUT2D eigenvalue weighted by molar-refractivity contribution is 0.187. The molecule has 7 heteroatoms. The summed E-state index contributed by atoms with van der Waals surface area (Å²) in [6.07, 6.45) is 4.44. The zero-order valence-electron chi connectivity index (χ0n) is 17.9. The smallest absolute Gasteiger partial charge is 0.228 e. The second-order valence-corrected chi connectivity index (χ2v) is 7.98. The molecule has 0 spiro atoms. The number of aryl methyl sites for hydroxylation is 1. The van der Waals surface area contributed by atoms with Crippen LogP contribution in [0, 0.1) is 12.8 Å². The van der Waals surface area contributed by atoms with E-state index >= 15 is 0 Å². The third kappa shape index (κ3) is 4.07. The predicted octanol–water partition coefficient (Wildman–Crippen LogP) is 4.82. The maximum atomic E-state index is 6.42. The topological polar surface area (TPSA) is 95.2 Å². The fraction of sp³-hybridized carbons (Fsp3) is 0.240. The first kappa shape index (κ1) is 20.2. The molecular formula is C25H25N5O2. The number of anilines is 2. The van der Waals surface area contributed by atoms with Gasteiger partial charge in [-0.3, -0.25) is 0 Å². The molecule has 0 aliphatic carbocycles. The first-order chi connectivity index (χ1) is 15.7. The van der Waals surface area contributed by atoms with Gasteiger partial charge < -0.3 is 20.5 Å². The van der Waals surface area contributed by atoms with E-state index in [4.69, 9.17) is 15.2 Å². The third-order valence-electron chi connectivity index (χ3n) is 5.73. The van der Waals surface area contributed by atoms with E-state index in [-0.39, 0.29) is 5.95 Å². The van der Waals surface area contributed by atoms with Crippen LogP contribution in [0.25, 0.3) is 22.0 Å². The molecule has 2 aromatic carbocycles. The Bertz CT molecular complexity index is 1250. The van der Waals surface area contributed by atoms with Crippen molar-refractivity contribution in [3.8, 4) is 22.9 Å². The number of fused-ring (bicyclic) bond motifs is 1. The Hall–Kier alpha value is -3.71. The number of hydrogen-bond donors (Lipinski definition) is 2. The molecule has 0 saturated carbocycles. The second-order valence-electron chi connectivity index (χ2n) is 7.98. The molecule has 1 saturated heterocycles. The largest absolute Gasteiger partial charge is 0.437 e. The summed E-state index contributed by atoms with van der Waals surface area (Å²) < 4.78 is 11.9. The lowest BCUT2D eigenvalue weighted by Crippen LogP contribution is -2.14. The summed E-state index contributed by atoms with van der Waals surface area (Å²) in [7, 11) is 0. The van der Waals surface area contributed by atoms with Gasteiger partial charge in [0.1, 0.15) is 5.75 Å². The normalized spacial score (nSPS) is 15.7. The van der Waals surface area contributed by atoms with Crippen LogP contribution in [0.15, 0.2) is 60.9 Å². The Labute approximate surface area is 186 Å². The number of nitrogens with zero attached hydrogens (tertiary/aromatic N) is 3. The van der Waals surface area contributed by atoms with Crippen molar-refractivity contribution in [3.05, 3.63) is 66.5 Å². The van der Waals surface area contributed by atoms with Crippen LogP contribution in [0.2, 0.25) is 0 Å². The van der Waals surface area contributed by atoms with Gasteiger partial charge in [-0.05, 0) is 43.2 Å². The first-order valence-electron chi connectivity index (χ1n) is 10.7. The van der Waals surface area contributed by atoms with E-state index in [1.165, 1.54) is 0 Å². The molecule has 162 valence electrons. The van der Waals surface area contributed by atoms with Gasteiger partial charge in [0, 0.05) is 47.9 Å². The van der Waals surface area contributed by atoms with Gasteiger partial charge in [-0.1, -0.05) is 24.3 Å². The van der Waals surface area contributed by atoms with Gasteiger partial charge >= 0.3 is 0 Å². The molecule has 0 bridgehead atoms. The van der Waals surface area contributed by atoms with Crippen molar-refractivity contribution in [2.45, 2.75) is 13.3 Å². The average molecular weight is 428 g/mol. The van der Waals surface area contributed by atoms with Crippen molar-refractivity contribution in [2.24, 2.45) is 5.92 Å². The molecule has 0 radical (unpaired) electrons. The van der Waals surface area contributed by atoms with Gasteiger partial charge in [0.15, 0.2) is 0 Å². The van der Waals surface area contributed by atoms with Gasteiger partial charge in [0.25, 0.3) is 0 Å². The summed E-state index contributed by atoms with van der Waals surface area (Å²) in [5.41, 5.74) is 9.33. The molecule has 5 rings (SSSR count). The van der Waals surface area contributed by atoms with Gasteiger partial charge in [0.2, 0.25) is 11.8 Å². The van der Waals surface area contributed by atoms with Gasteiger partial charge in [-0.25, -0.2) is 15.0 Å². The maximum Gasteiger partial charge on any atom is 0.228 e. The molecule has 3 heterocycles. The van der Waals surface area contributed by atoms with Crippen LogP contribution in [0.3, 0.4) is 0 Å². The number of rotatable bonds is 6. The van der Waals surface area contributed by atoms with E-state index in [1.54, 1.807) is 18.5 Å².